The number of hydrogen-bond donors (Lipinski definition) is 1. The van der Waals surface area contributed by atoms with Crippen molar-refractivity contribution in [3.63, 3.8) is 0 Å². The van der Waals surface area contributed by atoms with Gasteiger partial charge in [0.2, 0.25) is 0 Å². The van der Waals surface area contributed by atoms with Crippen LogP contribution in [0.4, 0.5) is 65.9 Å². The molecule has 2 nitrogen and oxygen atoms in total. The second-order valence-electron chi connectivity index (χ2n) is 6.38. The molecule has 0 heterocycles. The molecule has 2 atom stereocenters. The minimum atomic E-state index is -7.20. The molecule has 0 aromatic heterocycles. The van der Waals surface area contributed by atoms with Crippen LogP contribution in [-0.2, 0) is 4.74 Å². The van der Waals surface area contributed by atoms with Crippen LogP contribution in [0.25, 0.3) is 0 Å². The van der Waals surface area contributed by atoms with Crippen LogP contribution in [0.15, 0.2) is 12.7 Å². The summed E-state index contributed by atoms with van der Waals surface area (Å²) in [4.78, 5) is 0. The van der Waals surface area contributed by atoms with E-state index >= 15 is 0 Å². The van der Waals surface area contributed by atoms with Crippen molar-refractivity contribution in [2.75, 3.05) is 19.8 Å². The summed E-state index contributed by atoms with van der Waals surface area (Å²) in [6.45, 7) is -0.762. The first-order valence-electron chi connectivity index (χ1n) is 8.61. The lowest BCUT2D eigenvalue weighted by molar-refractivity contribution is -0.384. The lowest BCUT2D eigenvalue weighted by Crippen LogP contribution is -2.69. The van der Waals surface area contributed by atoms with E-state index in [1.54, 1.807) is 0 Å². The Morgan fingerprint density at radius 3 is 1.48 bits per heavy atom. The normalized spacial score (nSPS) is 16.5. The number of aliphatic hydroxyl groups excluding tert-OH is 1. The Balaban J connectivity index is 0. The Bertz CT molecular complexity index is 550. The van der Waals surface area contributed by atoms with Gasteiger partial charge in [0.15, 0.2) is 6.17 Å². The zero-order valence-corrected chi connectivity index (χ0v) is 16.3. The molecular weight excluding hydrogens is 509 g/mol. The SMILES string of the molecule is C=CCOCC(F)(C(F)C(F)(C(F)(F)F)C(F)(F)F)C(F)(F)F.OCCCCCC(F)(F)F. The van der Waals surface area contributed by atoms with Crippen LogP contribution in [0.5, 0.6) is 0 Å². The summed E-state index contributed by atoms with van der Waals surface area (Å²) in [6.07, 6.45) is -29.8. The van der Waals surface area contributed by atoms with E-state index in [1.165, 1.54) is 0 Å². The topological polar surface area (TPSA) is 29.5 Å². The van der Waals surface area contributed by atoms with Gasteiger partial charge in [-0.3, -0.25) is 0 Å². The maximum atomic E-state index is 13.7. The molecule has 33 heavy (non-hydrogen) atoms. The highest BCUT2D eigenvalue weighted by Gasteiger charge is 2.83. The molecule has 0 aliphatic carbocycles. The van der Waals surface area contributed by atoms with Crippen LogP contribution in [0, 0.1) is 0 Å². The first-order chi connectivity index (χ1) is 14.5. The number of halogens is 15. The minimum absolute atomic E-state index is 0.0160. The Morgan fingerprint density at radius 2 is 1.18 bits per heavy atom. The van der Waals surface area contributed by atoms with Crippen LogP contribution in [0.1, 0.15) is 25.7 Å². The van der Waals surface area contributed by atoms with Crippen molar-refractivity contribution in [3.8, 4) is 0 Å². The van der Waals surface area contributed by atoms with Gasteiger partial charge in [-0.1, -0.05) is 12.5 Å². The van der Waals surface area contributed by atoms with Gasteiger partial charge in [-0.15, -0.1) is 6.58 Å². The van der Waals surface area contributed by atoms with Crippen LogP contribution in [0.3, 0.4) is 0 Å². The van der Waals surface area contributed by atoms with E-state index < -0.39 is 61.8 Å². The molecule has 0 saturated heterocycles. The molecule has 2 unspecified atom stereocenters. The number of unbranched alkanes of at least 4 members (excludes halogenated alkanes) is 2. The van der Waals surface area contributed by atoms with Crippen LogP contribution in [-0.4, -0.2) is 67.1 Å². The van der Waals surface area contributed by atoms with E-state index in [2.05, 4.69) is 11.3 Å². The summed E-state index contributed by atoms with van der Waals surface area (Å²) < 4.78 is 189. The average molecular weight is 528 g/mol. The molecule has 0 rings (SSSR count). The van der Waals surface area contributed by atoms with Crippen molar-refractivity contribution in [1.82, 2.24) is 0 Å². The Hall–Kier alpha value is -1.39. The monoisotopic (exact) mass is 528 g/mol. The second kappa shape index (κ2) is 12.4. The highest BCUT2D eigenvalue weighted by atomic mass is 19.4. The molecule has 0 aliphatic heterocycles. The average Bonchev–Trinajstić information content (AvgIpc) is 2.61. The van der Waals surface area contributed by atoms with Gasteiger partial charge >= 0.3 is 30.4 Å². The molecule has 0 aliphatic rings. The summed E-state index contributed by atoms with van der Waals surface area (Å²) in [7, 11) is 0. The van der Waals surface area contributed by atoms with Gasteiger partial charge in [0, 0.05) is 13.0 Å². The summed E-state index contributed by atoms with van der Waals surface area (Å²) in [5, 5.41) is 8.21. The summed E-state index contributed by atoms with van der Waals surface area (Å²) >= 11 is 0. The van der Waals surface area contributed by atoms with Crippen molar-refractivity contribution in [2.24, 2.45) is 0 Å². The summed E-state index contributed by atoms with van der Waals surface area (Å²) in [5.41, 5.74) is -13.0. The summed E-state index contributed by atoms with van der Waals surface area (Å²) in [6, 6.07) is 0. The quantitative estimate of drug-likeness (QED) is 0.194. The fourth-order valence-electron chi connectivity index (χ4n) is 1.97. The fraction of sp³-hybridized carbons (Fsp3) is 0.875. The van der Waals surface area contributed by atoms with E-state index in [1.807, 2.05) is 0 Å². The van der Waals surface area contributed by atoms with Crippen LogP contribution < -0.4 is 0 Å². The van der Waals surface area contributed by atoms with Gasteiger partial charge in [-0.2, -0.15) is 52.7 Å². The third-order valence-corrected chi connectivity index (χ3v) is 3.71. The van der Waals surface area contributed by atoms with Gasteiger partial charge in [0.1, 0.15) is 0 Å². The van der Waals surface area contributed by atoms with Gasteiger partial charge in [0.25, 0.3) is 5.67 Å². The Morgan fingerprint density at radius 1 is 0.727 bits per heavy atom. The molecule has 0 bridgehead atoms. The molecule has 0 amide bonds. The van der Waals surface area contributed by atoms with Crippen LogP contribution in [0.2, 0.25) is 0 Å². The molecule has 0 fully saturated rings. The summed E-state index contributed by atoms with van der Waals surface area (Å²) in [5.74, 6) is 0. The van der Waals surface area contributed by atoms with E-state index in [9.17, 15) is 65.9 Å². The van der Waals surface area contributed by atoms with Crippen molar-refractivity contribution < 1.29 is 75.7 Å². The number of rotatable bonds is 10. The van der Waals surface area contributed by atoms with E-state index in [4.69, 9.17) is 5.11 Å². The third kappa shape index (κ3) is 9.78. The predicted molar refractivity (Wildman–Crippen MR) is 83.4 cm³/mol. The number of ether oxygens (including phenoxy) is 1. The molecule has 1 N–H and O–H groups in total. The van der Waals surface area contributed by atoms with Gasteiger partial charge < -0.3 is 9.84 Å². The predicted octanol–water partition coefficient (Wildman–Crippen LogP) is 6.73. The van der Waals surface area contributed by atoms with Gasteiger partial charge in [-0.05, 0) is 12.8 Å². The zero-order valence-electron chi connectivity index (χ0n) is 16.3. The highest BCUT2D eigenvalue weighted by Crippen LogP contribution is 2.55. The van der Waals surface area contributed by atoms with Gasteiger partial charge in [-0.25, -0.2) is 13.2 Å². The van der Waals surface area contributed by atoms with E-state index in [-0.39, 0.29) is 13.0 Å². The van der Waals surface area contributed by atoms with Crippen molar-refractivity contribution in [3.05, 3.63) is 12.7 Å². The number of aliphatic hydroxyl groups is 1. The Labute approximate surface area is 177 Å². The molecule has 0 aromatic rings. The Kier molecular flexibility index (Phi) is 12.6. The lowest BCUT2D eigenvalue weighted by Gasteiger charge is -2.39. The van der Waals surface area contributed by atoms with Crippen molar-refractivity contribution >= 4 is 0 Å². The molecule has 200 valence electrons. The fourth-order valence-corrected chi connectivity index (χ4v) is 1.97. The van der Waals surface area contributed by atoms with Gasteiger partial charge in [0.05, 0.1) is 13.2 Å². The second-order valence-corrected chi connectivity index (χ2v) is 6.38. The zero-order chi connectivity index (χ0) is 26.9. The minimum Gasteiger partial charge on any atom is -0.396 e. The lowest BCUT2D eigenvalue weighted by atomic mass is 9.85. The smallest absolute Gasteiger partial charge is 0.396 e. The third-order valence-electron chi connectivity index (χ3n) is 3.71. The maximum absolute atomic E-state index is 13.7. The number of alkyl halides is 15. The first-order valence-corrected chi connectivity index (χ1v) is 8.61. The number of hydrogen-bond acceptors (Lipinski definition) is 2. The molecule has 0 spiro atoms. The van der Waals surface area contributed by atoms with E-state index in [0.717, 1.165) is 0 Å². The largest absolute Gasteiger partial charge is 0.434 e. The highest BCUT2D eigenvalue weighted by molar-refractivity contribution is 5.11. The van der Waals surface area contributed by atoms with E-state index in [0.29, 0.717) is 18.9 Å². The van der Waals surface area contributed by atoms with Crippen LogP contribution >= 0.6 is 0 Å². The molecule has 0 saturated carbocycles. The standard InChI is InChI=1S/C10H8F12O.C6H11F3O/c1-2-3-23-4-6(12,8(14,15)16)5(11)7(13,9(17,18)19)10(20,21)22;7-6(8,9)4-2-1-3-5-10/h2,5H,1,3-4H2;10H,1-5H2. The molecular formula is C16H19F15O2. The molecule has 17 heteroatoms. The maximum Gasteiger partial charge on any atom is 0.434 e. The molecule has 0 aromatic carbocycles. The molecule has 0 radical (unpaired) electrons. The first kappa shape index (κ1) is 33.8. The van der Waals surface area contributed by atoms with Crippen molar-refractivity contribution in [1.29, 1.82) is 0 Å². The van der Waals surface area contributed by atoms with Crippen molar-refractivity contribution in [2.45, 2.75) is 67.9 Å².